The van der Waals surface area contributed by atoms with Crippen molar-refractivity contribution in [3.8, 4) is 11.5 Å². The number of rotatable bonds is 13. The van der Waals surface area contributed by atoms with E-state index in [9.17, 15) is 0 Å². The van der Waals surface area contributed by atoms with Crippen LogP contribution in [-0.4, -0.2) is 57.9 Å². The van der Waals surface area contributed by atoms with E-state index in [1.807, 2.05) is 59.8 Å². The van der Waals surface area contributed by atoms with Gasteiger partial charge in [0.15, 0.2) is 0 Å². The molecule has 0 radical (unpaired) electrons. The highest BCUT2D eigenvalue weighted by Gasteiger charge is 2.23. The van der Waals surface area contributed by atoms with Crippen molar-refractivity contribution in [2.45, 2.75) is 26.1 Å². The number of nitrogens with zero attached hydrogens (tertiary/aromatic N) is 3. The smallest absolute Gasteiger partial charge is 0.119 e. The van der Waals surface area contributed by atoms with Gasteiger partial charge in [0.2, 0.25) is 0 Å². The zero-order valence-corrected chi connectivity index (χ0v) is 20.9. The average Bonchev–Trinajstić information content (AvgIpc) is 3.85. The lowest BCUT2D eigenvalue weighted by Crippen LogP contribution is -2.21. The summed E-state index contributed by atoms with van der Waals surface area (Å²) in [7, 11) is 0. The average molecular weight is 488 g/mol. The topological polar surface area (TPSA) is 62.4 Å². The van der Waals surface area contributed by atoms with Gasteiger partial charge >= 0.3 is 0 Å². The fourth-order valence-electron chi connectivity index (χ4n) is 3.84. The van der Waals surface area contributed by atoms with Crippen LogP contribution in [0.2, 0.25) is 0 Å². The number of hydrazone groups is 1. The molecule has 0 spiro atoms. The summed E-state index contributed by atoms with van der Waals surface area (Å²) in [6.07, 6.45) is 2.34. The number of epoxide rings is 2. The van der Waals surface area contributed by atoms with E-state index in [0.29, 0.717) is 13.2 Å². The highest BCUT2D eigenvalue weighted by molar-refractivity contribution is 5.82. The molecule has 0 amide bonds. The van der Waals surface area contributed by atoms with E-state index in [2.05, 4.69) is 43.0 Å². The molecule has 0 N–H and O–H groups in total. The Kier molecular flexibility index (Phi) is 7.69. The lowest BCUT2D eigenvalue weighted by molar-refractivity contribution is 0.263. The molecule has 7 heteroatoms. The van der Waals surface area contributed by atoms with Crippen molar-refractivity contribution in [3.05, 3.63) is 78.4 Å². The summed E-state index contributed by atoms with van der Waals surface area (Å²) in [6.45, 7) is 9.03. The Morgan fingerprint density at radius 2 is 1.17 bits per heavy atom. The highest BCUT2D eigenvalue weighted by Crippen LogP contribution is 2.30. The normalized spacial score (nSPS) is 18.2. The third-order valence-corrected chi connectivity index (χ3v) is 6.18. The van der Waals surface area contributed by atoms with Gasteiger partial charge in [0.1, 0.15) is 36.9 Å². The van der Waals surface area contributed by atoms with Gasteiger partial charge < -0.3 is 23.8 Å². The van der Waals surface area contributed by atoms with Crippen LogP contribution >= 0.6 is 0 Å². The lowest BCUT2D eigenvalue weighted by Gasteiger charge is -2.21. The number of hydrogen-bond donors (Lipinski definition) is 0. The minimum absolute atomic E-state index is 0.228. The predicted octanol–water partition coefficient (Wildman–Crippen LogP) is 5.26. The van der Waals surface area contributed by atoms with Gasteiger partial charge in [0.05, 0.1) is 30.8 Å². The van der Waals surface area contributed by atoms with Crippen LogP contribution in [-0.2, 0) is 9.47 Å². The van der Waals surface area contributed by atoms with Crippen LogP contribution in [0.3, 0.4) is 0 Å². The Bertz CT molecular complexity index is 1060. The van der Waals surface area contributed by atoms with Crippen molar-refractivity contribution in [1.82, 2.24) is 0 Å². The van der Waals surface area contributed by atoms with Gasteiger partial charge in [-0.1, -0.05) is 12.1 Å². The Labute approximate surface area is 212 Å². The van der Waals surface area contributed by atoms with E-state index >= 15 is 0 Å². The van der Waals surface area contributed by atoms with E-state index in [0.717, 1.165) is 54.7 Å². The minimum atomic E-state index is 0.228. The third-order valence-electron chi connectivity index (χ3n) is 6.18. The quantitative estimate of drug-likeness (QED) is 0.186. The van der Waals surface area contributed by atoms with Crippen LogP contribution in [0.1, 0.15) is 19.4 Å². The summed E-state index contributed by atoms with van der Waals surface area (Å²) < 4.78 is 22.1. The van der Waals surface area contributed by atoms with Crippen molar-refractivity contribution in [2.24, 2.45) is 5.10 Å². The lowest BCUT2D eigenvalue weighted by atomic mass is 10.2. The van der Waals surface area contributed by atoms with Gasteiger partial charge in [-0.25, -0.2) is 5.01 Å². The molecule has 0 aromatic heterocycles. The molecule has 2 unspecified atom stereocenters. The van der Waals surface area contributed by atoms with Gasteiger partial charge in [-0.05, 0) is 80.1 Å². The van der Waals surface area contributed by atoms with Crippen LogP contribution in [0.25, 0.3) is 0 Å². The zero-order chi connectivity index (χ0) is 24.7. The van der Waals surface area contributed by atoms with Crippen LogP contribution in [0.4, 0.5) is 17.1 Å². The van der Waals surface area contributed by atoms with Crippen molar-refractivity contribution in [1.29, 1.82) is 0 Å². The Hall–Kier alpha value is -3.55. The fourth-order valence-corrected chi connectivity index (χ4v) is 3.84. The standard InChI is InChI=1S/C29H33N3O4/c1-3-31(4-2)23-7-5-22(6-8-23)17-30-32(24-9-13-26(14-10-24)33-18-28-20-35-28)25-11-15-27(16-12-25)34-19-29-21-36-29/h5-17,28-29H,3-4,18-21H2,1-2H3. The number of hydrogen-bond acceptors (Lipinski definition) is 7. The third kappa shape index (κ3) is 6.56. The van der Waals surface area contributed by atoms with Crippen LogP contribution in [0, 0.1) is 0 Å². The Morgan fingerprint density at radius 1 is 0.722 bits per heavy atom. The maximum atomic E-state index is 5.80. The zero-order valence-electron chi connectivity index (χ0n) is 20.9. The minimum Gasteiger partial charge on any atom is -0.491 e. The molecule has 188 valence electrons. The summed E-state index contributed by atoms with van der Waals surface area (Å²) in [4.78, 5) is 2.32. The summed E-state index contributed by atoms with van der Waals surface area (Å²) in [5.74, 6) is 1.63. The van der Waals surface area contributed by atoms with E-state index < -0.39 is 0 Å². The SMILES string of the molecule is CCN(CC)c1ccc(C=NN(c2ccc(OCC3CO3)cc2)c2ccc(OCC3CO3)cc2)cc1. The second kappa shape index (κ2) is 11.5. The monoisotopic (exact) mass is 487 g/mol. The first-order chi connectivity index (χ1) is 17.7. The maximum absolute atomic E-state index is 5.80. The predicted molar refractivity (Wildman–Crippen MR) is 143 cm³/mol. The van der Waals surface area contributed by atoms with Crippen molar-refractivity contribution < 1.29 is 18.9 Å². The second-order valence-corrected chi connectivity index (χ2v) is 8.84. The number of ether oxygens (including phenoxy) is 4. The van der Waals surface area contributed by atoms with Crippen LogP contribution in [0.5, 0.6) is 11.5 Å². The van der Waals surface area contributed by atoms with Gasteiger partial charge in [-0.15, -0.1) is 0 Å². The van der Waals surface area contributed by atoms with Gasteiger partial charge in [0, 0.05) is 18.8 Å². The van der Waals surface area contributed by atoms with Gasteiger partial charge in [0.25, 0.3) is 0 Å². The molecular formula is C29H33N3O4. The maximum Gasteiger partial charge on any atom is 0.119 e. The molecule has 2 aliphatic rings. The van der Waals surface area contributed by atoms with E-state index in [1.54, 1.807) is 0 Å². The number of benzene rings is 3. The van der Waals surface area contributed by atoms with E-state index in [1.165, 1.54) is 5.69 Å². The summed E-state index contributed by atoms with van der Waals surface area (Å²) in [5.41, 5.74) is 4.11. The molecule has 7 nitrogen and oxygen atoms in total. The molecule has 0 saturated carbocycles. The summed E-state index contributed by atoms with van der Waals surface area (Å²) in [5, 5.41) is 6.77. The molecule has 2 heterocycles. The van der Waals surface area contributed by atoms with Gasteiger partial charge in [-0.3, -0.25) is 0 Å². The molecule has 5 rings (SSSR count). The van der Waals surface area contributed by atoms with Crippen molar-refractivity contribution in [3.63, 3.8) is 0 Å². The molecule has 0 aliphatic carbocycles. The fraction of sp³-hybridized carbons (Fsp3) is 0.345. The molecular weight excluding hydrogens is 454 g/mol. The summed E-state index contributed by atoms with van der Waals surface area (Å²) >= 11 is 0. The number of anilines is 3. The molecule has 3 aromatic carbocycles. The van der Waals surface area contributed by atoms with Crippen molar-refractivity contribution in [2.75, 3.05) is 49.4 Å². The van der Waals surface area contributed by atoms with Crippen molar-refractivity contribution >= 4 is 23.3 Å². The molecule has 36 heavy (non-hydrogen) atoms. The molecule has 2 aliphatic heterocycles. The molecule has 3 aromatic rings. The first-order valence-electron chi connectivity index (χ1n) is 12.6. The van der Waals surface area contributed by atoms with Crippen LogP contribution < -0.4 is 19.4 Å². The van der Waals surface area contributed by atoms with E-state index in [4.69, 9.17) is 24.0 Å². The molecule has 2 fully saturated rings. The Balaban J connectivity index is 1.34. The van der Waals surface area contributed by atoms with Gasteiger partial charge in [-0.2, -0.15) is 5.10 Å². The summed E-state index contributed by atoms with van der Waals surface area (Å²) in [6, 6.07) is 24.4. The first-order valence-corrected chi connectivity index (χ1v) is 12.6. The molecule has 0 bridgehead atoms. The Morgan fingerprint density at radius 3 is 1.58 bits per heavy atom. The molecule has 2 atom stereocenters. The first kappa shape index (κ1) is 24.2. The highest BCUT2D eigenvalue weighted by atomic mass is 16.6. The van der Waals surface area contributed by atoms with Crippen LogP contribution in [0.15, 0.2) is 77.9 Å². The largest absolute Gasteiger partial charge is 0.491 e. The second-order valence-electron chi connectivity index (χ2n) is 8.84. The van der Waals surface area contributed by atoms with E-state index in [-0.39, 0.29) is 12.2 Å². The molecule has 2 saturated heterocycles.